The molecule has 3 aliphatic rings. The Hall–Kier alpha value is -1.99. The van der Waals surface area contributed by atoms with E-state index in [1.807, 2.05) is 17.0 Å². The molecule has 2 bridgehead atoms. The minimum Gasteiger partial charge on any atom is -0.491 e. The molecule has 3 aliphatic heterocycles. The summed E-state index contributed by atoms with van der Waals surface area (Å²) in [5.74, 6) is 1.26. The molecule has 3 fully saturated rings. The first-order valence-electron chi connectivity index (χ1n) is 10.1. The molecule has 0 radical (unpaired) electrons. The van der Waals surface area contributed by atoms with Gasteiger partial charge in [0.15, 0.2) is 0 Å². The zero-order valence-corrected chi connectivity index (χ0v) is 17.2. The van der Waals surface area contributed by atoms with Gasteiger partial charge >= 0.3 is 6.03 Å². The van der Waals surface area contributed by atoms with E-state index >= 15 is 0 Å². The largest absolute Gasteiger partial charge is 0.491 e. The van der Waals surface area contributed by atoms with Gasteiger partial charge in [0.1, 0.15) is 12.4 Å². The van der Waals surface area contributed by atoms with Crippen molar-refractivity contribution in [1.82, 2.24) is 10.2 Å². The standard InChI is InChI=1S/C21H33N3O4/c1-21(2)12-16-13-23(20(26)22-8-9-25)15-19(21)24(14-16)17-4-6-18(7-5-17)28-11-10-27-3/h4-7,16,19,25H,8-15H2,1-3H3,(H,22,26)/t16-,19-/m1/s1. The van der Waals surface area contributed by atoms with Gasteiger partial charge in [-0.05, 0) is 42.0 Å². The molecule has 0 unspecified atom stereocenters. The van der Waals surface area contributed by atoms with Crippen LogP contribution >= 0.6 is 0 Å². The lowest BCUT2D eigenvalue weighted by Gasteiger charge is -2.48. The van der Waals surface area contributed by atoms with Gasteiger partial charge in [-0.25, -0.2) is 4.79 Å². The van der Waals surface area contributed by atoms with Gasteiger partial charge in [0.2, 0.25) is 0 Å². The number of hydrogen-bond donors (Lipinski definition) is 2. The fourth-order valence-corrected chi connectivity index (χ4v) is 4.54. The van der Waals surface area contributed by atoms with Crippen molar-refractivity contribution in [2.24, 2.45) is 11.3 Å². The van der Waals surface area contributed by atoms with Gasteiger partial charge in [-0.3, -0.25) is 0 Å². The molecule has 4 rings (SSSR count). The third-order valence-electron chi connectivity index (χ3n) is 5.82. The minimum atomic E-state index is -0.0782. The van der Waals surface area contributed by atoms with E-state index in [2.05, 4.69) is 36.2 Å². The molecule has 7 heteroatoms. The molecule has 2 amide bonds. The number of benzene rings is 1. The third kappa shape index (κ3) is 4.70. The van der Waals surface area contributed by atoms with Crippen LogP contribution in [0.3, 0.4) is 0 Å². The fourth-order valence-electron chi connectivity index (χ4n) is 4.54. The topological polar surface area (TPSA) is 74.3 Å². The van der Waals surface area contributed by atoms with E-state index in [9.17, 15) is 4.79 Å². The average Bonchev–Trinajstić information content (AvgIpc) is 2.94. The number of carbonyl (C=O) groups excluding carboxylic acids is 1. The first-order valence-corrected chi connectivity index (χ1v) is 10.1. The monoisotopic (exact) mass is 391 g/mol. The Morgan fingerprint density at radius 2 is 1.96 bits per heavy atom. The quantitative estimate of drug-likeness (QED) is 0.695. The molecule has 7 nitrogen and oxygen atoms in total. The summed E-state index contributed by atoms with van der Waals surface area (Å²) < 4.78 is 10.7. The number of piperidine rings is 1. The van der Waals surface area contributed by atoms with Crippen LogP contribution in [-0.2, 0) is 4.74 Å². The van der Waals surface area contributed by atoms with E-state index in [0.717, 1.165) is 25.3 Å². The fraction of sp³-hybridized carbons (Fsp3) is 0.667. The van der Waals surface area contributed by atoms with Gasteiger partial charge in [0, 0.05) is 39.0 Å². The number of nitrogens with one attached hydrogen (secondary N) is 1. The Bertz CT molecular complexity index is 650. The molecular formula is C21H33N3O4. The number of rotatable bonds is 7. The van der Waals surface area contributed by atoms with Crippen molar-refractivity contribution < 1.29 is 19.4 Å². The SMILES string of the molecule is COCCOc1ccc(N2C[C@H]3CN(C(=O)NCCO)C[C@@H]2C(C)(C)C3)cc1. The lowest BCUT2D eigenvalue weighted by atomic mass is 9.73. The normalized spacial score (nSPS) is 23.4. The number of aliphatic hydroxyl groups excluding tert-OH is 1. The predicted molar refractivity (Wildman–Crippen MR) is 109 cm³/mol. The number of carbonyl (C=O) groups is 1. The van der Waals surface area contributed by atoms with E-state index in [0.29, 0.717) is 32.2 Å². The Kier molecular flexibility index (Phi) is 6.67. The number of aliphatic hydroxyl groups is 1. The number of ether oxygens (including phenoxy) is 2. The number of amides is 2. The van der Waals surface area contributed by atoms with Gasteiger partial charge in [-0.1, -0.05) is 13.8 Å². The van der Waals surface area contributed by atoms with Crippen molar-refractivity contribution in [3.05, 3.63) is 24.3 Å². The molecule has 2 atom stereocenters. The highest BCUT2D eigenvalue weighted by Crippen LogP contribution is 2.43. The first-order chi connectivity index (χ1) is 13.4. The highest BCUT2D eigenvalue weighted by atomic mass is 16.5. The van der Waals surface area contributed by atoms with Crippen LogP contribution in [0.1, 0.15) is 20.3 Å². The summed E-state index contributed by atoms with van der Waals surface area (Å²) in [6.45, 7) is 8.35. The van der Waals surface area contributed by atoms with Gasteiger partial charge in [0.25, 0.3) is 0 Å². The summed E-state index contributed by atoms with van der Waals surface area (Å²) in [6.07, 6.45) is 1.11. The van der Waals surface area contributed by atoms with Crippen LogP contribution in [0, 0.1) is 11.3 Å². The van der Waals surface area contributed by atoms with Gasteiger partial charge in [0.05, 0.1) is 19.3 Å². The summed E-state index contributed by atoms with van der Waals surface area (Å²) in [6, 6.07) is 8.38. The summed E-state index contributed by atoms with van der Waals surface area (Å²) in [7, 11) is 1.66. The molecule has 1 aromatic rings. The van der Waals surface area contributed by atoms with Crippen molar-refractivity contribution in [1.29, 1.82) is 0 Å². The smallest absolute Gasteiger partial charge is 0.317 e. The Balaban J connectivity index is 1.74. The number of urea groups is 1. The second-order valence-electron chi connectivity index (χ2n) is 8.42. The number of hydrogen-bond acceptors (Lipinski definition) is 5. The van der Waals surface area contributed by atoms with Crippen LogP contribution in [-0.4, -0.2) is 75.2 Å². The van der Waals surface area contributed by atoms with Gasteiger partial charge < -0.3 is 29.7 Å². The highest BCUT2D eigenvalue weighted by Gasteiger charge is 2.46. The van der Waals surface area contributed by atoms with E-state index in [1.165, 1.54) is 5.69 Å². The van der Waals surface area contributed by atoms with Crippen LogP contribution < -0.4 is 15.0 Å². The van der Waals surface area contributed by atoms with E-state index in [-0.39, 0.29) is 24.1 Å². The second-order valence-corrected chi connectivity index (χ2v) is 8.42. The van der Waals surface area contributed by atoms with E-state index < -0.39 is 0 Å². The molecule has 28 heavy (non-hydrogen) atoms. The molecule has 156 valence electrons. The van der Waals surface area contributed by atoms with Crippen LogP contribution in [0.15, 0.2) is 24.3 Å². The van der Waals surface area contributed by atoms with Crippen LogP contribution in [0.25, 0.3) is 0 Å². The van der Waals surface area contributed by atoms with Gasteiger partial charge in [-0.2, -0.15) is 0 Å². The molecule has 2 N–H and O–H groups in total. The molecule has 3 saturated heterocycles. The summed E-state index contributed by atoms with van der Waals surface area (Å²) in [5, 5.41) is 11.8. The third-order valence-corrected chi connectivity index (χ3v) is 5.82. The summed E-state index contributed by atoms with van der Waals surface area (Å²) in [5.41, 5.74) is 1.28. The predicted octanol–water partition coefficient (Wildman–Crippen LogP) is 1.95. The molecular weight excluding hydrogens is 358 g/mol. The Morgan fingerprint density at radius 3 is 2.64 bits per heavy atom. The van der Waals surface area contributed by atoms with Gasteiger partial charge in [-0.15, -0.1) is 0 Å². The van der Waals surface area contributed by atoms with Crippen molar-refractivity contribution in [3.63, 3.8) is 0 Å². The Labute approximate surface area is 167 Å². The zero-order chi connectivity index (χ0) is 20.1. The maximum Gasteiger partial charge on any atom is 0.317 e. The van der Waals surface area contributed by atoms with E-state index in [4.69, 9.17) is 14.6 Å². The summed E-state index contributed by atoms with van der Waals surface area (Å²) in [4.78, 5) is 16.9. The molecule has 0 spiro atoms. The van der Waals surface area contributed by atoms with Crippen LogP contribution in [0.2, 0.25) is 0 Å². The van der Waals surface area contributed by atoms with Crippen molar-refractivity contribution in [3.8, 4) is 5.75 Å². The van der Waals surface area contributed by atoms with Crippen LogP contribution in [0.4, 0.5) is 10.5 Å². The molecule has 0 aromatic heterocycles. The van der Waals surface area contributed by atoms with Crippen molar-refractivity contribution in [2.75, 3.05) is 58.0 Å². The molecule has 0 saturated carbocycles. The van der Waals surface area contributed by atoms with E-state index in [1.54, 1.807) is 7.11 Å². The van der Waals surface area contributed by atoms with Crippen molar-refractivity contribution in [2.45, 2.75) is 26.3 Å². The van der Waals surface area contributed by atoms with Crippen molar-refractivity contribution >= 4 is 11.7 Å². The lowest BCUT2D eigenvalue weighted by molar-refractivity contribution is 0.146. The lowest BCUT2D eigenvalue weighted by Crippen LogP contribution is -2.54. The number of fused-ring (bicyclic) bond motifs is 4. The molecule has 0 aliphatic carbocycles. The molecule has 1 aromatic carbocycles. The maximum atomic E-state index is 12.5. The number of anilines is 1. The second kappa shape index (κ2) is 9.01. The summed E-state index contributed by atoms with van der Waals surface area (Å²) >= 11 is 0. The molecule has 3 heterocycles. The zero-order valence-electron chi connectivity index (χ0n) is 17.2. The van der Waals surface area contributed by atoms with Crippen LogP contribution in [0.5, 0.6) is 5.75 Å². The maximum absolute atomic E-state index is 12.5. The Morgan fingerprint density at radius 1 is 1.21 bits per heavy atom. The average molecular weight is 392 g/mol. The highest BCUT2D eigenvalue weighted by molar-refractivity contribution is 5.74. The number of methoxy groups -OCH3 is 1. The minimum absolute atomic E-state index is 0.0388. The number of nitrogens with zero attached hydrogens (tertiary/aromatic N) is 2. The first kappa shape index (κ1) is 20.7.